The van der Waals surface area contributed by atoms with E-state index in [2.05, 4.69) is 5.32 Å². The molecular formula is C29H34FN3O4. The summed E-state index contributed by atoms with van der Waals surface area (Å²) >= 11 is 0. The van der Waals surface area contributed by atoms with Crippen molar-refractivity contribution in [2.24, 2.45) is 5.92 Å². The molecule has 3 N–H and O–H groups in total. The van der Waals surface area contributed by atoms with Gasteiger partial charge in [-0.05, 0) is 86.8 Å². The van der Waals surface area contributed by atoms with E-state index >= 15 is 4.39 Å². The maximum atomic E-state index is 15.4. The molecular weight excluding hydrogens is 473 g/mol. The molecule has 2 amide bonds. The highest BCUT2D eigenvalue weighted by atomic mass is 19.1. The van der Waals surface area contributed by atoms with Crippen LogP contribution in [0.3, 0.4) is 0 Å². The number of aliphatic hydroxyl groups excluding tert-OH is 1. The zero-order chi connectivity index (χ0) is 25.7. The first-order chi connectivity index (χ1) is 17.8. The van der Waals surface area contributed by atoms with E-state index in [0.29, 0.717) is 43.2 Å². The van der Waals surface area contributed by atoms with Crippen molar-refractivity contribution in [1.82, 2.24) is 10.2 Å². The van der Waals surface area contributed by atoms with Crippen LogP contribution in [0.2, 0.25) is 0 Å². The van der Waals surface area contributed by atoms with Gasteiger partial charge in [0, 0.05) is 36.7 Å². The quantitative estimate of drug-likeness (QED) is 0.549. The minimum atomic E-state index is -0.905. The number of aliphatic hydroxyl groups is 1. The Balaban J connectivity index is 1.19. The smallest absolute Gasteiger partial charge is 0.408 e. The summed E-state index contributed by atoms with van der Waals surface area (Å²) in [6.45, 7) is 1.29. The van der Waals surface area contributed by atoms with Gasteiger partial charge in [-0.2, -0.15) is 0 Å². The summed E-state index contributed by atoms with van der Waals surface area (Å²) < 4.78 is 15.4. The number of nitrogens with zero attached hydrogens (tertiary/aromatic N) is 2. The number of benzene rings is 2. The number of anilines is 1. The van der Waals surface area contributed by atoms with Crippen LogP contribution < -0.4 is 10.2 Å². The van der Waals surface area contributed by atoms with Crippen molar-refractivity contribution in [3.05, 3.63) is 53.8 Å². The molecule has 7 nitrogen and oxygen atoms in total. The van der Waals surface area contributed by atoms with E-state index in [9.17, 15) is 19.8 Å². The van der Waals surface area contributed by atoms with Crippen LogP contribution >= 0.6 is 0 Å². The van der Waals surface area contributed by atoms with Crippen LogP contribution in [0.5, 0.6) is 0 Å². The molecule has 0 aromatic heterocycles. The highest BCUT2D eigenvalue weighted by Gasteiger charge is 2.57. The highest BCUT2D eigenvalue weighted by Crippen LogP contribution is 2.51. The van der Waals surface area contributed by atoms with Gasteiger partial charge in [0.15, 0.2) is 0 Å². The molecule has 2 aromatic carbocycles. The largest absolute Gasteiger partial charge is 0.465 e. The Morgan fingerprint density at radius 1 is 1.03 bits per heavy atom. The fourth-order valence-corrected chi connectivity index (χ4v) is 7.06. The van der Waals surface area contributed by atoms with Crippen LogP contribution in [0.15, 0.2) is 42.5 Å². The Hall–Kier alpha value is -3.13. The van der Waals surface area contributed by atoms with E-state index in [0.717, 1.165) is 49.7 Å². The molecule has 196 valence electrons. The first-order valence-corrected chi connectivity index (χ1v) is 13.5. The molecule has 6 rings (SSSR count). The lowest BCUT2D eigenvalue weighted by Gasteiger charge is -2.52. The van der Waals surface area contributed by atoms with Crippen molar-refractivity contribution in [2.75, 3.05) is 18.0 Å². The van der Waals surface area contributed by atoms with E-state index in [4.69, 9.17) is 0 Å². The third-order valence-electron chi connectivity index (χ3n) is 8.96. The zero-order valence-electron chi connectivity index (χ0n) is 20.9. The number of hydrogen-bond acceptors (Lipinski definition) is 4. The Bertz CT molecular complexity index is 1200. The SMILES string of the molecule is O=C(NC1CC1)c1ccc(-c2ccc(N3CCCC(C45CCC(CC(O)C4)N5C(=O)O)C3)c(F)c2)cc1. The second kappa shape index (κ2) is 9.31. The lowest BCUT2D eigenvalue weighted by Crippen LogP contribution is -2.62. The fraction of sp³-hybridized carbons (Fsp3) is 0.517. The third kappa shape index (κ3) is 4.45. The highest BCUT2D eigenvalue weighted by molar-refractivity contribution is 5.95. The summed E-state index contributed by atoms with van der Waals surface area (Å²) in [5.74, 6) is -0.338. The molecule has 2 bridgehead atoms. The van der Waals surface area contributed by atoms with Crippen LogP contribution in [0.25, 0.3) is 11.1 Å². The van der Waals surface area contributed by atoms with Gasteiger partial charge < -0.3 is 20.4 Å². The normalized spacial score (nSPS) is 29.3. The van der Waals surface area contributed by atoms with Crippen molar-refractivity contribution in [3.63, 3.8) is 0 Å². The van der Waals surface area contributed by atoms with Crippen molar-refractivity contribution in [2.45, 2.75) is 75.1 Å². The van der Waals surface area contributed by atoms with E-state index in [1.54, 1.807) is 23.1 Å². The lowest BCUT2D eigenvalue weighted by atomic mass is 9.72. The summed E-state index contributed by atoms with van der Waals surface area (Å²) in [7, 11) is 0. The number of piperidine rings is 2. The number of carbonyl (C=O) groups is 2. The van der Waals surface area contributed by atoms with Gasteiger partial charge in [0.25, 0.3) is 5.91 Å². The molecule has 3 aliphatic heterocycles. The number of nitrogens with one attached hydrogen (secondary N) is 1. The van der Waals surface area contributed by atoms with Crippen LogP contribution in [0.1, 0.15) is 61.7 Å². The zero-order valence-corrected chi connectivity index (χ0v) is 20.9. The minimum absolute atomic E-state index is 0.0470. The van der Waals surface area contributed by atoms with Gasteiger partial charge in [0.05, 0.1) is 17.3 Å². The summed E-state index contributed by atoms with van der Waals surface area (Å²) in [4.78, 5) is 28.1. The van der Waals surface area contributed by atoms with Crippen LogP contribution in [-0.4, -0.2) is 63.9 Å². The number of hydrogen-bond donors (Lipinski definition) is 3. The third-order valence-corrected chi connectivity index (χ3v) is 8.96. The molecule has 4 fully saturated rings. The van der Waals surface area contributed by atoms with Crippen molar-refractivity contribution >= 4 is 17.7 Å². The van der Waals surface area contributed by atoms with Gasteiger partial charge in [0.2, 0.25) is 0 Å². The standard InChI is InChI=1S/C29H34FN3O4/c30-25-14-20(18-3-5-19(6-4-18)27(35)31-22-8-9-22)7-10-26(25)32-13-1-2-21(17-32)29-12-11-23(15-24(34)16-29)33(29)28(36)37/h3-7,10,14,21-24,34H,1-2,8-9,11-13,15-17H2,(H,31,35)(H,36,37). The van der Waals surface area contributed by atoms with Crippen molar-refractivity contribution in [1.29, 1.82) is 0 Å². The second-order valence-electron chi connectivity index (χ2n) is 11.3. The number of amides is 2. The molecule has 1 aliphatic carbocycles. The van der Waals surface area contributed by atoms with Crippen molar-refractivity contribution < 1.29 is 24.2 Å². The molecule has 4 aliphatic rings. The molecule has 37 heavy (non-hydrogen) atoms. The average Bonchev–Trinajstić information content (AvgIpc) is 3.66. The minimum Gasteiger partial charge on any atom is -0.465 e. The Morgan fingerprint density at radius 3 is 2.49 bits per heavy atom. The number of halogens is 1. The lowest BCUT2D eigenvalue weighted by molar-refractivity contribution is -0.0390. The molecule has 0 radical (unpaired) electrons. The maximum Gasteiger partial charge on any atom is 0.408 e. The van der Waals surface area contributed by atoms with Gasteiger partial charge in [-0.1, -0.05) is 18.2 Å². The molecule has 8 heteroatoms. The van der Waals surface area contributed by atoms with Gasteiger partial charge in [-0.15, -0.1) is 0 Å². The molecule has 3 saturated heterocycles. The Kier molecular flexibility index (Phi) is 6.10. The molecule has 4 unspecified atom stereocenters. The summed E-state index contributed by atoms with van der Waals surface area (Å²) in [5.41, 5.74) is 2.14. The first kappa shape index (κ1) is 24.2. The fourth-order valence-electron chi connectivity index (χ4n) is 7.06. The van der Waals surface area contributed by atoms with E-state index in [-0.39, 0.29) is 23.7 Å². The predicted octanol–water partition coefficient (Wildman–Crippen LogP) is 4.64. The van der Waals surface area contributed by atoms with Gasteiger partial charge in [-0.3, -0.25) is 9.69 Å². The molecule has 2 aromatic rings. The van der Waals surface area contributed by atoms with Crippen molar-refractivity contribution in [3.8, 4) is 11.1 Å². The van der Waals surface area contributed by atoms with Gasteiger partial charge >= 0.3 is 6.09 Å². The summed E-state index contributed by atoms with van der Waals surface area (Å²) in [6.07, 6.45) is 4.92. The number of carbonyl (C=O) groups excluding carboxylic acids is 1. The maximum absolute atomic E-state index is 15.4. The first-order valence-electron chi connectivity index (χ1n) is 13.5. The molecule has 3 heterocycles. The number of rotatable bonds is 5. The monoisotopic (exact) mass is 507 g/mol. The average molecular weight is 508 g/mol. The molecule has 1 saturated carbocycles. The number of carboxylic acid groups (broad SMARTS) is 1. The van der Waals surface area contributed by atoms with Crippen LogP contribution in [0.4, 0.5) is 14.9 Å². The Labute approximate surface area is 216 Å². The predicted molar refractivity (Wildman–Crippen MR) is 138 cm³/mol. The molecule has 0 spiro atoms. The second-order valence-corrected chi connectivity index (χ2v) is 11.3. The van der Waals surface area contributed by atoms with Crippen LogP contribution in [-0.2, 0) is 0 Å². The Morgan fingerprint density at radius 2 is 1.78 bits per heavy atom. The van der Waals surface area contributed by atoms with Crippen LogP contribution in [0, 0.1) is 11.7 Å². The molecule has 4 atom stereocenters. The summed E-state index contributed by atoms with van der Waals surface area (Å²) in [5, 5.41) is 23.5. The van der Waals surface area contributed by atoms with Gasteiger partial charge in [0.1, 0.15) is 5.82 Å². The van der Waals surface area contributed by atoms with E-state index < -0.39 is 17.7 Å². The van der Waals surface area contributed by atoms with Gasteiger partial charge in [-0.25, -0.2) is 9.18 Å². The summed E-state index contributed by atoms with van der Waals surface area (Å²) in [6, 6.07) is 12.7. The van der Waals surface area contributed by atoms with E-state index in [1.807, 2.05) is 23.1 Å². The van der Waals surface area contributed by atoms with E-state index in [1.165, 1.54) is 6.07 Å². The number of fused-ring (bicyclic) bond motifs is 2. The topological polar surface area (TPSA) is 93.1 Å².